The highest BCUT2D eigenvalue weighted by atomic mass is 32.2. The van der Waals surface area contributed by atoms with Crippen molar-refractivity contribution in [2.45, 2.75) is 6.18 Å². The van der Waals surface area contributed by atoms with Gasteiger partial charge in [-0.3, -0.25) is 9.69 Å². The largest absolute Gasteiger partial charge is 0.619 e. The Bertz CT molecular complexity index is 880. The van der Waals surface area contributed by atoms with Crippen LogP contribution in [0.15, 0.2) is 53.7 Å². The molecule has 1 fully saturated rings. The van der Waals surface area contributed by atoms with Crippen molar-refractivity contribution in [2.75, 3.05) is 4.90 Å². The summed E-state index contributed by atoms with van der Waals surface area (Å²) in [4.78, 5) is 13.9. The average Bonchev–Trinajstić information content (AvgIpc) is 2.83. The van der Waals surface area contributed by atoms with Crippen LogP contribution in [0.3, 0.4) is 0 Å². The van der Waals surface area contributed by atoms with Crippen molar-refractivity contribution in [2.24, 2.45) is 0 Å². The fourth-order valence-electron chi connectivity index (χ4n) is 2.18. The van der Waals surface area contributed by atoms with Crippen molar-refractivity contribution in [3.63, 3.8) is 0 Å². The number of halogens is 3. The minimum absolute atomic E-state index is 0.0613. The third kappa shape index (κ3) is 3.67. The second kappa shape index (κ2) is 6.49. The van der Waals surface area contributed by atoms with Crippen LogP contribution in [0, 0.1) is 5.21 Å². The summed E-state index contributed by atoms with van der Waals surface area (Å²) in [6, 6.07) is 7.47. The number of pyridine rings is 1. The Hall–Kier alpha value is -2.39. The molecule has 1 aromatic heterocycles. The summed E-state index contributed by atoms with van der Waals surface area (Å²) in [5.74, 6) is -0.506. The van der Waals surface area contributed by atoms with Crippen molar-refractivity contribution in [3.05, 3.63) is 70.0 Å². The van der Waals surface area contributed by atoms with Gasteiger partial charge >= 0.3 is 6.18 Å². The van der Waals surface area contributed by atoms with Crippen LogP contribution in [0.4, 0.5) is 18.9 Å². The summed E-state index contributed by atoms with van der Waals surface area (Å²) in [5, 5.41) is 11.0. The van der Waals surface area contributed by atoms with E-state index >= 15 is 0 Å². The van der Waals surface area contributed by atoms with Gasteiger partial charge in [0.05, 0.1) is 16.2 Å². The third-order valence-corrected chi connectivity index (χ3v) is 4.65. The van der Waals surface area contributed by atoms with Gasteiger partial charge in [-0.05, 0) is 29.8 Å². The third-order valence-electron chi connectivity index (χ3n) is 3.35. The predicted molar refractivity (Wildman–Crippen MR) is 92.5 cm³/mol. The Morgan fingerprint density at radius 3 is 2.52 bits per heavy atom. The fraction of sp³-hybridized carbons (Fsp3) is 0.0625. The average molecular weight is 382 g/mol. The van der Waals surface area contributed by atoms with Crippen LogP contribution in [0.25, 0.3) is 6.08 Å². The number of anilines is 1. The van der Waals surface area contributed by atoms with E-state index in [0.29, 0.717) is 10.3 Å². The van der Waals surface area contributed by atoms with Gasteiger partial charge in [-0.15, -0.1) is 0 Å². The normalized spacial score (nSPS) is 16.8. The maximum Gasteiger partial charge on any atom is 0.416 e. The number of rotatable bonds is 2. The second-order valence-electron chi connectivity index (χ2n) is 5.06. The smallest absolute Gasteiger partial charge is 0.416 e. The van der Waals surface area contributed by atoms with E-state index in [1.54, 1.807) is 0 Å². The minimum atomic E-state index is -4.51. The van der Waals surface area contributed by atoms with Crippen LogP contribution in [0.1, 0.15) is 11.1 Å². The number of benzene rings is 1. The number of thiocarbonyl (C=S) groups is 1. The van der Waals surface area contributed by atoms with Gasteiger partial charge < -0.3 is 5.21 Å². The molecule has 0 saturated carbocycles. The Morgan fingerprint density at radius 1 is 1.20 bits per heavy atom. The van der Waals surface area contributed by atoms with Crippen LogP contribution in [0.2, 0.25) is 0 Å². The van der Waals surface area contributed by atoms with Crippen molar-refractivity contribution < 1.29 is 22.7 Å². The van der Waals surface area contributed by atoms with Crippen LogP contribution in [-0.4, -0.2) is 10.2 Å². The molecular weight excluding hydrogens is 373 g/mol. The summed E-state index contributed by atoms with van der Waals surface area (Å²) in [5.41, 5.74) is -0.186. The molecule has 128 valence electrons. The quantitative estimate of drug-likeness (QED) is 0.344. The molecule has 9 heteroatoms. The second-order valence-corrected chi connectivity index (χ2v) is 6.73. The first-order valence-corrected chi connectivity index (χ1v) is 8.12. The monoisotopic (exact) mass is 382 g/mol. The number of amides is 1. The molecule has 2 heterocycles. The molecule has 1 amide bonds. The summed E-state index contributed by atoms with van der Waals surface area (Å²) < 4.78 is 39.3. The van der Waals surface area contributed by atoms with Gasteiger partial charge in [0, 0.05) is 12.1 Å². The number of carbonyl (C=O) groups is 1. The highest BCUT2D eigenvalue weighted by Gasteiger charge is 2.36. The van der Waals surface area contributed by atoms with Gasteiger partial charge in [0.25, 0.3) is 5.91 Å². The molecule has 0 atom stereocenters. The molecule has 1 aliphatic rings. The Kier molecular flexibility index (Phi) is 4.53. The van der Waals surface area contributed by atoms with E-state index in [1.165, 1.54) is 42.7 Å². The lowest BCUT2D eigenvalue weighted by atomic mass is 10.2. The van der Waals surface area contributed by atoms with Crippen LogP contribution >= 0.6 is 24.0 Å². The van der Waals surface area contributed by atoms with Gasteiger partial charge in [-0.25, -0.2) is 0 Å². The Morgan fingerprint density at radius 2 is 1.88 bits per heavy atom. The lowest BCUT2D eigenvalue weighted by Gasteiger charge is -2.16. The van der Waals surface area contributed by atoms with Crippen LogP contribution < -0.4 is 9.63 Å². The van der Waals surface area contributed by atoms with E-state index in [-0.39, 0.29) is 14.9 Å². The maximum absolute atomic E-state index is 12.9. The van der Waals surface area contributed by atoms with E-state index in [1.807, 2.05) is 0 Å². The lowest BCUT2D eigenvalue weighted by molar-refractivity contribution is -0.605. The molecule has 0 radical (unpaired) electrons. The van der Waals surface area contributed by atoms with Gasteiger partial charge in [-0.1, -0.05) is 30.0 Å². The number of hydrogen-bond donors (Lipinski definition) is 0. The molecule has 3 rings (SSSR count). The highest BCUT2D eigenvalue weighted by Crippen LogP contribution is 2.38. The summed E-state index contributed by atoms with van der Waals surface area (Å²) in [6.45, 7) is 0. The molecule has 0 aliphatic carbocycles. The molecule has 1 aliphatic heterocycles. The number of aromatic nitrogens is 1. The molecule has 1 aromatic carbocycles. The van der Waals surface area contributed by atoms with E-state index in [2.05, 4.69) is 0 Å². The molecule has 4 nitrogen and oxygen atoms in total. The van der Waals surface area contributed by atoms with Crippen LogP contribution in [0.5, 0.6) is 0 Å². The molecule has 0 unspecified atom stereocenters. The molecule has 0 bridgehead atoms. The zero-order valence-electron chi connectivity index (χ0n) is 12.4. The van der Waals surface area contributed by atoms with E-state index in [9.17, 15) is 23.2 Å². The number of alkyl halides is 3. The molecular formula is C16H9F3N2O2S2. The maximum atomic E-state index is 12.9. The Labute approximate surface area is 150 Å². The SMILES string of the molecule is O=C1C(=Cc2cc[n+]([O-])cc2)SC(=S)N1c1cccc(C(F)(F)F)c1. The first-order chi connectivity index (χ1) is 11.8. The van der Waals surface area contributed by atoms with Crippen molar-refractivity contribution >= 4 is 46.0 Å². The summed E-state index contributed by atoms with van der Waals surface area (Å²) in [6.07, 6.45) is -0.421. The number of nitrogens with zero attached hydrogens (tertiary/aromatic N) is 2. The number of carbonyl (C=O) groups excluding carboxylic acids is 1. The number of hydrogen-bond acceptors (Lipinski definition) is 4. The minimum Gasteiger partial charge on any atom is -0.619 e. The first-order valence-electron chi connectivity index (χ1n) is 6.90. The van der Waals surface area contributed by atoms with E-state index in [4.69, 9.17) is 12.2 Å². The molecule has 25 heavy (non-hydrogen) atoms. The predicted octanol–water partition coefficient (Wildman–Crippen LogP) is 3.74. The van der Waals surface area contributed by atoms with Gasteiger partial charge in [0.2, 0.25) is 0 Å². The van der Waals surface area contributed by atoms with Gasteiger partial charge in [0.1, 0.15) is 0 Å². The van der Waals surface area contributed by atoms with Gasteiger partial charge in [0.15, 0.2) is 16.7 Å². The Balaban J connectivity index is 1.93. The topological polar surface area (TPSA) is 47.2 Å². The van der Waals surface area contributed by atoms with Crippen molar-refractivity contribution in [3.8, 4) is 0 Å². The molecule has 0 spiro atoms. The molecule has 2 aromatic rings. The zero-order valence-corrected chi connectivity index (χ0v) is 14.0. The first kappa shape index (κ1) is 17.4. The van der Waals surface area contributed by atoms with E-state index in [0.717, 1.165) is 28.8 Å². The highest BCUT2D eigenvalue weighted by molar-refractivity contribution is 8.27. The fourth-order valence-corrected chi connectivity index (χ4v) is 3.48. The van der Waals surface area contributed by atoms with Crippen molar-refractivity contribution in [1.29, 1.82) is 0 Å². The molecule has 0 N–H and O–H groups in total. The zero-order chi connectivity index (χ0) is 18.2. The van der Waals surface area contributed by atoms with Crippen LogP contribution in [-0.2, 0) is 11.0 Å². The van der Waals surface area contributed by atoms with E-state index < -0.39 is 17.6 Å². The lowest BCUT2D eigenvalue weighted by Crippen LogP contribution is -2.27. The standard InChI is InChI=1S/C16H9F3N2O2S2/c17-16(18,19)11-2-1-3-12(9-11)21-14(22)13(25-15(21)24)8-10-4-6-20(23)7-5-10/h1-9H. The van der Waals surface area contributed by atoms with Crippen molar-refractivity contribution in [1.82, 2.24) is 0 Å². The summed E-state index contributed by atoms with van der Waals surface area (Å²) >= 11 is 6.13. The number of thioether (sulfide) groups is 1. The van der Waals surface area contributed by atoms with Gasteiger partial charge in [-0.2, -0.15) is 17.9 Å². The summed E-state index contributed by atoms with van der Waals surface area (Å²) in [7, 11) is 0. The molecule has 1 saturated heterocycles.